The minimum absolute atomic E-state index is 0.0624. The van der Waals surface area contributed by atoms with Crippen molar-refractivity contribution in [3.8, 4) is 0 Å². The lowest BCUT2D eigenvalue weighted by Crippen LogP contribution is -2.47. The Balaban J connectivity index is 3.34. The number of methoxy groups -OCH3 is 1. The van der Waals surface area contributed by atoms with Gasteiger partial charge in [-0.05, 0) is 20.3 Å². The third-order valence-electron chi connectivity index (χ3n) is 3.36. The summed E-state index contributed by atoms with van der Waals surface area (Å²) in [6.45, 7) is 7.62. The number of hydrogen-bond acceptors (Lipinski definition) is 3. The third kappa shape index (κ3) is 8.58. The Morgan fingerprint density at radius 2 is 1.65 bits per heavy atom. The number of hydrogen-bond donors (Lipinski definition) is 1. The van der Waals surface area contributed by atoms with Crippen LogP contribution in [-0.2, 0) is 9.47 Å². The molecule has 0 amide bonds. The zero-order valence-electron chi connectivity index (χ0n) is 12.1. The predicted octanol–water partition coefficient (Wildman–Crippen LogP) is 3.12. The van der Waals surface area contributed by atoms with Crippen molar-refractivity contribution >= 4 is 0 Å². The van der Waals surface area contributed by atoms with Crippen LogP contribution in [0.2, 0.25) is 0 Å². The van der Waals surface area contributed by atoms with E-state index in [9.17, 15) is 0 Å². The molecule has 1 atom stereocenters. The van der Waals surface area contributed by atoms with Gasteiger partial charge in [0.05, 0.1) is 18.2 Å². The largest absolute Gasteiger partial charge is 0.380 e. The Bertz CT molecular complexity index is 172. The van der Waals surface area contributed by atoms with E-state index in [0.717, 1.165) is 13.0 Å². The van der Waals surface area contributed by atoms with E-state index in [1.165, 1.54) is 32.1 Å². The fraction of sp³-hybridized carbons (Fsp3) is 1.00. The molecule has 0 heterocycles. The molecule has 0 aromatic carbocycles. The first-order valence-electron chi connectivity index (χ1n) is 6.93. The third-order valence-corrected chi connectivity index (χ3v) is 3.36. The van der Waals surface area contributed by atoms with Crippen molar-refractivity contribution in [2.75, 3.05) is 20.3 Å². The number of ether oxygens (including phenoxy) is 2. The van der Waals surface area contributed by atoms with E-state index in [1.54, 1.807) is 7.11 Å². The summed E-state index contributed by atoms with van der Waals surface area (Å²) in [7, 11) is 1.69. The van der Waals surface area contributed by atoms with Crippen LogP contribution < -0.4 is 5.73 Å². The van der Waals surface area contributed by atoms with Gasteiger partial charge in [-0.2, -0.15) is 0 Å². The predicted molar refractivity (Wildman–Crippen MR) is 73.3 cm³/mol. The number of rotatable bonds is 11. The molecule has 0 aromatic rings. The summed E-state index contributed by atoms with van der Waals surface area (Å²) in [6.07, 6.45) is 7.75. The highest BCUT2D eigenvalue weighted by Gasteiger charge is 2.25. The van der Waals surface area contributed by atoms with Crippen LogP contribution in [0, 0.1) is 0 Å². The van der Waals surface area contributed by atoms with Gasteiger partial charge in [-0.15, -0.1) is 0 Å². The molecule has 0 saturated carbocycles. The summed E-state index contributed by atoms with van der Waals surface area (Å²) in [5.74, 6) is 0. The van der Waals surface area contributed by atoms with E-state index in [1.807, 2.05) is 13.8 Å². The van der Waals surface area contributed by atoms with Gasteiger partial charge in [0.2, 0.25) is 0 Å². The standard InChI is InChI=1S/C14H31NO2/c1-5-6-7-8-9-10-11-17-12-13(15)14(2,3)16-4/h13H,5-12,15H2,1-4H3. The monoisotopic (exact) mass is 245 g/mol. The second kappa shape index (κ2) is 9.86. The molecular formula is C14H31NO2. The summed E-state index contributed by atoms with van der Waals surface area (Å²) in [4.78, 5) is 0. The van der Waals surface area contributed by atoms with Crippen molar-refractivity contribution in [1.29, 1.82) is 0 Å². The van der Waals surface area contributed by atoms with E-state index in [0.29, 0.717) is 6.61 Å². The molecule has 17 heavy (non-hydrogen) atoms. The van der Waals surface area contributed by atoms with E-state index >= 15 is 0 Å². The topological polar surface area (TPSA) is 44.5 Å². The Morgan fingerprint density at radius 1 is 1.06 bits per heavy atom. The Morgan fingerprint density at radius 3 is 2.24 bits per heavy atom. The Kier molecular flexibility index (Phi) is 9.79. The normalized spacial score (nSPS) is 13.9. The van der Waals surface area contributed by atoms with Crippen molar-refractivity contribution in [2.45, 2.75) is 70.9 Å². The molecule has 0 fully saturated rings. The van der Waals surface area contributed by atoms with Gasteiger partial charge in [0, 0.05) is 13.7 Å². The fourth-order valence-electron chi connectivity index (χ4n) is 1.55. The highest BCUT2D eigenvalue weighted by molar-refractivity contribution is 4.81. The molecule has 0 spiro atoms. The Hall–Kier alpha value is -0.120. The first-order valence-corrected chi connectivity index (χ1v) is 6.93. The summed E-state index contributed by atoms with van der Waals surface area (Å²) < 4.78 is 10.9. The second-order valence-corrected chi connectivity index (χ2v) is 5.26. The molecule has 0 bridgehead atoms. The molecule has 1 unspecified atom stereocenters. The summed E-state index contributed by atoms with van der Waals surface area (Å²) in [5.41, 5.74) is 5.69. The molecule has 3 heteroatoms. The lowest BCUT2D eigenvalue weighted by Gasteiger charge is -2.29. The van der Waals surface area contributed by atoms with Gasteiger partial charge >= 0.3 is 0 Å². The van der Waals surface area contributed by atoms with Crippen LogP contribution in [0.1, 0.15) is 59.3 Å². The molecule has 0 radical (unpaired) electrons. The quantitative estimate of drug-likeness (QED) is 0.569. The van der Waals surface area contributed by atoms with Crippen LogP contribution in [0.15, 0.2) is 0 Å². The van der Waals surface area contributed by atoms with Crippen LogP contribution in [-0.4, -0.2) is 32.0 Å². The average molecular weight is 245 g/mol. The first-order chi connectivity index (χ1) is 8.04. The molecule has 0 aliphatic heterocycles. The van der Waals surface area contributed by atoms with Gasteiger partial charge in [0.15, 0.2) is 0 Å². The van der Waals surface area contributed by atoms with Crippen LogP contribution in [0.4, 0.5) is 0 Å². The van der Waals surface area contributed by atoms with Crippen molar-refractivity contribution in [3.05, 3.63) is 0 Å². The summed E-state index contributed by atoms with van der Waals surface area (Å²) in [6, 6.07) is -0.0624. The summed E-state index contributed by atoms with van der Waals surface area (Å²) >= 11 is 0. The SMILES string of the molecule is CCCCCCCCOCC(N)C(C)(C)OC. The molecule has 104 valence electrons. The van der Waals surface area contributed by atoms with Crippen molar-refractivity contribution < 1.29 is 9.47 Å². The lowest BCUT2D eigenvalue weighted by atomic mass is 10.0. The van der Waals surface area contributed by atoms with E-state index < -0.39 is 0 Å². The highest BCUT2D eigenvalue weighted by atomic mass is 16.5. The lowest BCUT2D eigenvalue weighted by molar-refractivity contribution is -0.0272. The van der Waals surface area contributed by atoms with Crippen LogP contribution in [0.25, 0.3) is 0 Å². The van der Waals surface area contributed by atoms with E-state index in [2.05, 4.69) is 6.92 Å². The van der Waals surface area contributed by atoms with E-state index in [4.69, 9.17) is 15.2 Å². The molecular weight excluding hydrogens is 214 g/mol. The van der Waals surface area contributed by atoms with Crippen LogP contribution in [0.3, 0.4) is 0 Å². The zero-order valence-corrected chi connectivity index (χ0v) is 12.1. The number of unbranched alkanes of at least 4 members (excludes halogenated alkanes) is 5. The van der Waals surface area contributed by atoms with Crippen molar-refractivity contribution in [3.63, 3.8) is 0 Å². The van der Waals surface area contributed by atoms with Gasteiger partial charge in [0.25, 0.3) is 0 Å². The van der Waals surface area contributed by atoms with Crippen LogP contribution >= 0.6 is 0 Å². The van der Waals surface area contributed by atoms with Crippen LogP contribution in [0.5, 0.6) is 0 Å². The molecule has 2 N–H and O–H groups in total. The molecule has 0 rings (SSSR count). The van der Waals surface area contributed by atoms with Gasteiger partial charge in [-0.3, -0.25) is 0 Å². The Labute approximate surface area is 107 Å². The minimum Gasteiger partial charge on any atom is -0.380 e. The second-order valence-electron chi connectivity index (χ2n) is 5.26. The smallest absolute Gasteiger partial charge is 0.0795 e. The molecule has 0 aliphatic carbocycles. The van der Waals surface area contributed by atoms with Gasteiger partial charge in [0.1, 0.15) is 0 Å². The van der Waals surface area contributed by atoms with E-state index in [-0.39, 0.29) is 11.6 Å². The minimum atomic E-state index is -0.304. The first kappa shape index (κ1) is 16.9. The maximum atomic E-state index is 5.99. The molecule has 0 aromatic heterocycles. The zero-order chi connectivity index (χ0) is 13.1. The molecule has 0 saturated heterocycles. The van der Waals surface area contributed by atoms with Crippen molar-refractivity contribution in [1.82, 2.24) is 0 Å². The average Bonchev–Trinajstić information content (AvgIpc) is 2.32. The van der Waals surface area contributed by atoms with Crippen molar-refractivity contribution in [2.24, 2.45) is 5.73 Å². The maximum Gasteiger partial charge on any atom is 0.0795 e. The summed E-state index contributed by atoms with van der Waals surface area (Å²) in [5, 5.41) is 0. The van der Waals surface area contributed by atoms with Gasteiger partial charge < -0.3 is 15.2 Å². The molecule has 0 aliphatic rings. The van der Waals surface area contributed by atoms with Gasteiger partial charge in [-0.25, -0.2) is 0 Å². The van der Waals surface area contributed by atoms with Gasteiger partial charge in [-0.1, -0.05) is 39.0 Å². The highest BCUT2D eigenvalue weighted by Crippen LogP contribution is 2.12. The fourth-order valence-corrected chi connectivity index (χ4v) is 1.55. The molecule has 3 nitrogen and oxygen atoms in total. The maximum absolute atomic E-state index is 5.99. The number of nitrogens with two attached hydrogens (primary N) is 1.